The molecule has 8 nitrogen and oxygen atoms in total. The number of alkyl halides is 1. The quantitative estimate of drug-likeness (QED) is 0.369. The number of aromatic nitrogens is 2. The maximum absolute atomic E-state index is 11.8. The van der Waals surface area contributed by atoms with Gasteiger partial charge in [0.1, 0.15) is 11.7 Å². The van der Waals surface area contributed by atoms with Gasteiger partial charge in [-0.3, -0.25) is 14.3 Å². The highest BCUT2D eigenvalue weighted by Gasteiger charge is 2.63. The third kappa shape index (κ3) is 2.19. The number of H-pyrrole nitrogens is 1. The molecular formula is C12H13ClN2O6. The molecule has 4 atom stereocenters. The summed E-state index contributed by atoms with van der Waals surface area (Å²) >= 11 is 5.69. The second-order valence-electron chi connectivity index (χ2n) is 4.72. The summed E-state index contributed by atoms with van der Waals surface area (Å²) in [5, 5.41) is 30.0. The zero-order valence-electron chi connectivity index (χ0n) is 10.7. The van der Waals surface area contributed by atoms with Crippen LogP contribution in [0.3, 0.4) is 0 Å². The highest BCUT2D eigenvalue weighted by molar-refractivity contribution is 6.18. The Balaban J connectivity index is 2.60. The molecule has 4 unspecified atom stereocenters. The van der Waals surface area contributed by atoms with Gasteiger partial charge in [-0.25, -0.2) is 4.79 Å². The van der Waals surface area contributed by atoms with Crippen LogP contribution in [-0.2, 0) is 4.74 Å². The van der Waals surface area contributed by atoms with Crippen LogP contribution in [0.5, 0.6) is 0 Å². The van der Waals surface area contributed by atoms with Gasteiger partial charge in [0.05, 0.1) is 12.5 Å². The fourth-order valence-corrected chi connectivity index (χ4v) is 2.51. The van der Waals surface area contributed by atoms with Crippen LogP contribution < -0.4 is 11.2 Å². The molecule has 9 heteroatoms. The second kappa shape index (κ2) is 5.29. The third-order valence-electron chi connectivity index (χ3n) is 3.47. The number of hydrogen-bond donors (Lipinski definition) is 4. The minimum atomic E-state index is -2.31. The largest absolute Gasteiger partial charge is 0.393 e. The summed E-state index contributed by atoms with van der Waals surface area (Å²) in [6, 6.07) is 1.02. The number of hydrogen-bond acceptors (Lipinski definition) is 6. The monoisotopic (exact) mass is 316 g/mol. The van der Waals surface area contributed by atoms with Crippen molar-refractivity contribution < 1.29 is 20.1 Å². The van der Waals surface area contributed by atoms with Crippen molar-refractivity contribution >= 4 is 11.6 Å². The first-order chi connectivity index (χ1) is 9.84. The average Bonchev–Trinajstić information content (AvgIpc) is 2.70. The fraction of sp³-hybridized carbons (Fsp3) is 0.500. The molecule has 2 heterocycles. The number of terminal acetylenes is 1. The van der Waals surface area contributed by atoms with E-state index in [9.17, 15) is 24.9 Å². The van der Waals surface area contributed by atoms with Crippen LogP contribution in [0.15, 0.2) is 21.9 Å². The number of rotatable bonds is 3. The molecule has 1 aliphatic rings. The van der Waals surface area contributed by atoms with Crippen LogP contribution >= 0.6 is 11.6 Å². The van der Waals surface area contributed by atoms with Gasteiger partial charge in [0.25, 0.3) is 5.56 Å². The van der Waals surface area contributed by atoms with Crippen molar-refractivity contribution in [3.8, 4) is 12.3 Å². The van der Waals surface area contributed by atoms with Gasteiger partial charge in [-0.1, -0.05) is 5.92 Å². The number of aromatic amines is 1. The van der Waals surface area contributed by atoms with E-state index >= 15 is 0 Å². The van der Waals surface area contributed by atoms with Crippen LogP contribution in [0.25, 0.3) is 0 Å². The molecule has 0 amide bonds. The number of nitrogens with zero attached hydrogens (tertiary/aromatic N) is 1. The topological polar surface area (TPSA) is 125 Å². The van der Waals surface area contributed by atoms with Crippen molar-refractivity contribution in [1.29, 1.82) is 0 Å². The molecule has 0 aromatic carbocycles. The summed E-state index contributed by atoms with van der Waals surface area (Å²) in [7, 11) is 0. The molecule has 114 valence electrons. The lowest BCUT2D eigenvalue weighted by Gasteiger charge is -2.29. The van der Waals surface area contributed by atoms with Gasteiger partial charge in [0, 0.05) is 12.3 Å². The first-order valence-corrected chi connectivity index (χ1v) is 6.42. The van der Waals surface area contributed by atoms with Crippen LogP contribution in [-0.4, -0.2) is 54.7 Å². The lowest BCUT2D eigenvalue weighted by atomic mass is 9.88. The SMILES string of the molecule is C#CC1(O)C(n2ccc(=O)[nH]c2=O)OC(CO)(CCl)C1O. The van der Waals surface area contributed by atoms with Crippen molar-refractivity contribution in [3.05, 3.63) is 33.1 Å². The first-order valence-electron chi connectivity index (χ1n) is 5.89. The predicted molar refractivity (Wildman–Crippen MR) is 71.8 cm³/mol. The van der Waals surface area contributed by atoms with E-state index < -0.39 is 41.4 Å². The molecule has 1 saturated heterocycles. The zero-order valence-corrected chi connectivity index (χ0v) is 11.4. The van der Waals surface area contributed by atoms with Gasteiger partial charge in [-0.05, 0) is 0 Å². The molecule has 0 saturated carbocycles. The van der Waals surface area contributed by atoms with E-state index in [0.717, 1.165) is 16.8 Å². The van der Waals surface area contributed by atoms with Crippen LogP contribution in [0.4, 0.5) is 0 Å². The second-order valence-corrected chi connectivity index (χ2v) is 4.98. The highest BCUT2D eigenvalue weighted by Crippen LogP contribution is 2.44. The summed E-state index contributed by atoms with van der Waals surface area (Å²) in [5.74, 6) is 1.59. The van der Waals surface area contributed by atoms with Gasteiger partial charge in [0.15, 0.2) is 11.8 Å². The van der Waals surface area contributed by atoms with E-state index in [2.05, 4.69) is 0 Å². The molecule has 0 radical (unpaired) electrons. The summed E-state index contributed by atoms with van der Waals surface area (Å²) < 4.78 is 6.20. The summed E-state index contributed by atoms with van der Waals surface area (Å²) in [5.41, 5.74) is -5.58. The Morgan fingerprint density at radius 2 is 2.24 bits per heavy atom. The number of nitrogens with one attached hydrogen (secondary N) is 1. The highest BCUT2D eigenvalue weighted by atomic mass is 35.5. The van der Waals surface area contributed by atoms with Gasteiger partial charge in [-0.2, -0.15) is 0 Å². The molecular weight excluding hydrogens is 304 g/mol. The Morgan fingerprint density at radius 1 is 1.57 bits per heavy atom. The Kier molecular flexibility index (Phi) is 3.97. The van der Waals surface area contributed by atoms with Crippen LogP contribution in [0, 0.1) is 12.3 Å². The van der Waals surface area contributed by atoms with Gasteiger partial charge in [0.2, 0.25) is 0 Å². The van der Waals surface area contributed by atoms with Crippen LogP contribution in [0.1, 0.15) is 6.23 Å². The van der Waals surface area contributed by atoms with E-state index in [1.54, 1.807) is 0 Å². The number of aliphatic hydroxyl groups excluding tert-OH is 2. The van der Waals surface area contributed by atoms with Gasteiger partial charge >= 0.3 is 5.69 Å². The summed E-state index contributed by atoms with van der Waals surface area (Å²) in [6.07, 6.45) is 3.05. The fourth-order valence-electron chi connectivity index (χ4n) is 2.21. The standard InChI is InChI=1S/C12H13ClN2O6/c1-2-12(20)8(18)11(5-13,6-16)21-9(12)15-4-3-7(17)14-10(15)19/h1,3-4,8-9,16,18,20H,5-6H2,(H,14,17,19). The van der Waals surface area contributed by atoms with Crippen molar-refractivity contribution in [3.63, 3.8) is 0 Å². The van der Waals surface area contributed by atoms with Crippen LogP contribution in [0.2, 0.25) is 0 Å². The molecule has 1 aromatic heterocycles. The number of ether oxygens (including phenoxy) is 1. The summed E-state index contributed by atoms with van der Waals surface area (Å²) in [4.78, 5) is 24.8. The van der Waals surface area contributed by atoms with Crippen molar-refractivity contribution in [2.45, 2.75) is 23.5 Å². The van der Waals surface area contributed by atoms with E-state index in [1.165, 1.54) is 0 Å². The number of halogens is 1. The lowest BCUT2D eigenvalue weighted by molar-refractivity contribution is -0.117. The molecule has 0 spiro atoms. The predicted octanol–water partition coefficient (Wildman–Crippen LogP) is -2.24. The maximum atomic E-state index is 11.8. The molecule has 2 rings (SSSR count). The Hall–Kier alpha value is -1.63. The Morgan fingerprint density at radius 3 is 2.71 bits per heavy atom. The number of aliphatic hydroxyl groups is 3. The lowest BCUT2D eigenvalue weighted by Crippen LogP contribution is -2.53. The van der Waals surface area contributed by atoms with E-state index in [-0.39, 0.29) is 5.88 Å². The molecule has 1 fully saturated rings. The van der Waals surface area contributed by atoms with E-state index in [4.69, 9.17) is 22.8 Å². The first kappa shape index (κ1) is 15.8. The van der Waals surface area contributed by atoms with Crippen molar-refractivity contribution in [2.24, 2.45) is 0 Å². The van der Waals surface area contributed by atoms with Gasteiger partial charge < -0.3 is 20.1 Å². The Bertz CT molecular complexity index is 688. The third-order valence-corrected chi connectivity index (χ3v) is 3.92. The summed E-state index contributed by atoms with van der Waals surface area (Å²) in [6.45, 7) is -0.726. The smallest absolute Gasteiger partial charge is 0.330 e. The normalized spacial score (nSPS) is 35.6. The minimum absolute atomic E-state index is 0.372. The molecule has 1 aliphatic heterocycles. The molecule has 0 bridgehead atoms. The van der Waals surface area contributed by atoms with Gasteiger partial charge in [-0.15, -0.1) is 18.0 Å². The molecule has 21 heavy (non-hydrogen) atoms. The zero-order chi connectivity index (χ0) is 15.8. The average molecular weight is 317 g/mol. The van der Waals surface area contributed by atoms with Crippen molar-refractivity contribution in [1.82, 2.24) is 9.55 Å². The molecule has 0 aliphatic carbocycles. The molecule has 4 N–H and O–H groups in total. The van der Waals surface area contributed by atoms with E-state index in [0.29, 0.717) is 0 Å². The maximum Gasteiger partial charge on any atom is 0.330 e. The molecule has 1 aromatic rings. The van der Waals surface area contributed by atoms with Crippen molar-refractivity contribution in [2.75, 3.05) is 12.5 Å². The van der Waals surface area contributed by atoms with E-state index in [1.807, 2.05) is 10.9 Å². The minimum Gasteiger partial charge on any atom is -0.393 e. The Labute approximate surface area is 123 Å².